The van der Waals surface area contributed by atoms with Gasteiger partial charge in [0.2, 0.25) is 17.8 Å². The van der Waals surface area contributed by atoms with E-state index in [0.717, 1.165) is 5.56 Å². The van der Waals surface area contributed by atoms with Gasteiger partial charge >= 0.3 is 0 Å². The van der Waals surface area contributed by atoms with Crippen molar-refractivity contribution in [1.29, 1.82) is 0 Å². The molecule has 3 aromatic heterocycles. The van der Waals surface area contributed by atoms with Crippen LogP contribution in [-0.4, -0.2) is 32.0 Å². The van der Waals surface area contributed by atoms with Crippen molar-refractivity contribution in [3.8, 4) is 28.4 Å². The van der Waals surface area contributed by atoms with Gasteiger partial charge in [-0.2, -0.15) is 0 Å². The molecule has 0 atom stereocenters. The minimum absolute atomic E-state index is 0.177. The monoisotopic (exact) mass is 295 g/mol. The average molecular weight is 295 g/mol. The molecule has 0 unspecified atom stereocenters. The first kappa shape index (κ1) is 13.7. The van der Waals surface area contributed by atoms with Gasteiger partial charge in [0.05, 0.1) is 24.1 Å². The zero-order valence-corrected chi connectivity index (χ0v) is 11.8. The largest absolute Gasteiger partial charge is 0.481 e. The number of nitrogens with two attached hydrogens (primary N) is 2. The normalized spacial score (nSPS) is 10.4. The van der Waals surface area contributed by atoms with Crippen molar-refractivity contribution in [2.75, 3.05) is 18.6 Å². The Morgan fingerprint density at radius 3 is 2.18 bits per heavy atom. The van der Waals surface area contributed by atoms with Gasteiger partial charge in [-0.05, 0) is 18.2 Å². The van der Waals surface area contributed by atoms with Crippen molar-refractivity contribution < 1.29 is 4.74 Å². The highest BCUT2D eigenvalue weighted by molar-refractivity contribution is 5.72. The van der Waals surface area contributed by atoms with E-state index in [1.54, 1.807) is 37.8 Å². The van der Waals surface area contributed by atoms with Gasteiger partial charge in [0.1, 0.15) is 0 Å². The zero-order chi connectivity index (χ0) is 15.5. The maximum atomic E-state index is 5.64. The molecule has 4 N–H and O–H groups in total. The second-order valence-corrected chi connectivity index (χ2v) is 4.38. The van der Waals surface area contributed by atoms with Crippen LogP contribution in [-0.2, 0) is 0 Å². The van der Waals surface area contributed by atoms with E-state index in [2.05, 4.69) is 24.9 Å². The van der Waals surface area contributed by atoms with E-state index in [1.807, 2.05) is 6.07 Å². The number of rotatable bonds is 3. The van der Waals surface area contributed by atoms with Crippen molar-refractivity contribution >= 4 is 11.9 Å². The molecule has 22 heavy (non-hydrogen) atoms. The molecule has 3 aromatic rings. The molecule has 0 aliphatic heterocycles. The summed E-state index contributed by atoms with van der Waals surface area (Å²) in [6.07, 6.45) is 4.81. The molecular formula is C14H13N7O. The van der Waals surface area contributed by atoms with E-state index >= 15 is 0 Å². The van der Waals surface area contributed by atoms with Crippen LogP contribution in [0, 0.1) is 0 Å². The summed E-state index contributed by atoms with van der Waals surface area (Å²) in [5.74, 6) is 0.807. The van der Waals surface area contributed by atoms with Crippen LogP contribution in [0.4, 0.5) is 11.9 Å². The summed E-state index contributed by atoms with van der Waals surface area (Å²) in [4.78, 5) is 20.4. The van der Waals surface area contributed by atoms with Gasteiger partial charge in [0, 0.05) is 24.2 Å². The second-order valence-electron chi connectivity index (χ2n) is 4.38. The van der Waals surface area contributed by atoms with E-state index < -0.39 is 0 Å². The van der Waals surface area contributed by atoms with Gasteiger partial charge in [-0.3, -0.25) is 0 Å². The maximum absolute atomic E-state index is 5.64. The Labute approximate surface area is 126 Å². The van der Waals surface area contributed by atoms with E-state index in [0.29, 0.717) is 22.8 Å². The fraction of sp³-hybridized carbons (Fsp3) is 0.0714. The average Bonchev–Trinajstić information content (AvgIpc) is 2.54. The van der Waals surface area contributed by atoms with E-state index in [-0.39, 0.29) is 11.9 Å². The lowest BCUT2D eigenvalue weighted by Gasteiger charge is -2.09. The van der Waals surface area contributed by atoms with E-state index in [1.165, 1.54) is 0 Å². The Hall–Kier alpha value is -3.29. The molecular weight excluding hydrogens is 282 g/mol. The standard InChI is InChI=1S/C14H13N7O/c1-22-12-9(11-3-5-18-14(16)21-11)6-8(7-19-12)10-2-4-17-13(15)20-10/h2-7H,1H3,(H2,15,17,20)(H2,16,18,21). The third kappa shape index (κ3) is 2.62. The van der Waals surface area contributed by atoms with Crippen LogP contribution in [0.2, 0.25) is 0 Å². The zero-order valence-electron chi connectivity index (χ0n) is 11.8. The van der Waals surface area contributed by atoms with Crippen molar-refractivity contribution in [2.24, 2.45) is 0 Å². The Morgan fingerprint density at radius 2 is 1.55 bits per heavy atom. The first-order chi connectivity index (χ1) is 10.7. The molecule has 0 saturated carbocycles. The predicted molar refractivity (Wildman–Crippen MR) is 81.7 cm³/mol. The van der Waals surface area contributed by atoms with Crippen LogP contribution < -0.4 is 16.2 Å². The van der Waals surface area contributed by atoms with Gasteiger partial charge in [-0.15, -0.1) is 0 Å². The van der Waals surface area contributed by atoms with Gasteiger partial charge in [-0.25, -0.2) is 24.9 Å². The topological polar surface area (TPSA) is 126 Å². The first-order valence-corrected chi connectivity index (χ1v) is 6.39. The molecule has 8 nitrogen and oxygen atoms in total. The first-order valence-electron chi connectivity index (χ1n) is 6.39. The lowest BCUT2D eigenvalue weighted by molar-refractivity contribution is 0.399. The quantitative estimate of drug-likeness (QED) is 0.737. The van der Waals surface area contributed by atoms with Gasteiger partial charge in [0.25, 0.3) is 0 Å². The molecule has 110 valence electrons. The van der Waals surface area contributed by atoms with Crippen molar-refractivity contribution in [3.63, 3.8) is 0 Å². The summed E-state index contributed by atoms with van der Waals surface area (Å²) in [5.41, 5.74) is 14.0. The number of ether oxygens (including phenoxy) is 1. The molecule has 0 aliphatic rings. The lowest BCUT2D eigenvalue weighted by Crippen LogP contribution is -1.99. The fourth-order valence-electron chi connectivity index (χ4n) is 2.00. The van der Waals surface area contributed by atoms with Crippen molar-refractivity contribution in [1.82, 2.24) is 24.9 Å². The molecule has 0 radical (unpaired) electrons. The van der Waals surface area contributed by atoms with Gasteiger partial charge in [0.15, 0.2) is 0 Å². The summed E-state index contributed by atoms with van der Waals surface area (Å²) in [7, 11) is 1.54. The number of aromatic nitrogens is 5. The Kier molecular flexibility index (Phi) is 3.48. The van der Waals surface area contributed by atoms with Gasteiger partial charge in [-0.1, -0.05) is 0 Å². The third-order valence-electron chi connectivity index (χ3n) is 2.96. The number of nitrogens with zero attached hydrogens (tertiary/aromatic N) is 5. The summed E-state index contributed by atoms with van der Waals surface area (Å²) in [6.45, 7) is 0. The molecule has 3 heterocycles. The van der Waals surface area contributed by atoms with Crippen LogP contribution >= 0.6 is 0 Å². The van der Waals surface area contributed by atoms with Crippen molar-refractivity contribution in [2.45, 2.75) is 0 Å². The van der Waals surface area contributed by atoms with E-state index in [4.69, 9.17) is 16.2 Å². The number of nitrogen functional groups attached to an aromatic ring is 2. The molecule has 0 spiro atoms. The van der Waals surface area contributed by atoms with Crippen LogP contribution in [0.15, 0.2) is 36.8 Å². The van der Waals surface area contributed by atoms with Crippen LogP contribution in [0.3, 0.4) is 0 Å². The number of pyridine rings is 1. The molecule has 3 rings (SSSR count). The molecule has 0 amide bonds. The number of anilines is 2. The highest BCUT2D eigenvalue weighted by Crippen LogP contribution is 2.30. The SMILES string of the molecule is COc1ncc(-c2ccnc(N)n2)cc1-c1ccnc(N)n1. The second kappa shape index (κ2) is 5.60. The fourth-order valence-corrected chi connectivity index (χ4v) is 2.00. The predicted octanol–water partition coefficient (Wildman–Crippen LogP) is 1.17. The minimum atomic E-state index is 0.177. The molecule has 0 saturated heterocycles. The van der Waals surface area contributed by atoms with Gasteiger partial charge < -0.3 is 16.2 Å². The van der Waals surface area contributed by atoms with E-state index in [9.17, 15) is 0 Å². The third-order valence-corrected chi connectivity index (χ3v) is 2.96. The molecule has 0 aromatic carbocycles. The molecule has 8 heteroatoms. The lowest BCUT2D eigenvalue weighted by atomic mass is 10.1. The highest BCUT2D eigenvalue weighted by Gasteiger charge is 2.12. The Morgan fingerprint density at radius 1 is 0.909 bits per heavy atom. The summed E-state index contributed by atoms with van der Waals surface area (Å²) >= 11 is 0. The Bertz CT molecular complexity index is 822. The van der Waals surface area contributed by atoms with Crippen LogP contribution in [0.5, 0.6) is 5.88 Å². The molecule has 0 fully saturated rings. The summed E-state index contributed by atoms with van der Waals surface area (Å²) < 4.78 is 5.28. The van der Waals surface area contributed by atoms with Crippen molar-refractivity contribution in [3.05, 3.63) is 36.8 Å². The van der Waals surface area contributed by atoms with Crippen LogP contribution in [0.25, 0.3) is 22.5 Å². The van der Waals surface area contributed by atoms with Crippen LogP contribution in [0.1, 0.15) is 0 Å². The molecule has 0 bridgehead atoms. The minimum Gasteiger partial charge on any atom is -0.481 e. The summed E-state index contributed by atoms with van der Waals surface area (Å²) in [6, 6.07) is 5.33. The maximum Gasteiger partial charge on any atom is 0.222 e. The Balaban J connectivity index is 2.14. The summed E-state index contributed by atoms with van der Waals surface area (Å²) in [5, 5.41) is 0. The smallest absolute Gasteiger partial charge is 0.222 e. The molecule has 0 aliphatic carbocycles. The highest BCUT2D eigenvalue weighted by atomic mass is 16.5. The number of hydrogen-bond acceptors (Lipinski definition) is 8. The number of hydrogen-bond donors (Lipinski definition) is 2. The number of methoxy groups -OCH3 is 1.